The van der Waals surface area contributed by atoms with E-state index < -0.39 is 12.3 Å². The predicted octanol–water partition coefficient (Wildman–Crippen LogP) is 4.71. The number of ether oxygens (including phenoxy) is 3. The zero-order chi connectivity index (χ0) is 26.1. The van der Waals surface area contributed by atoms with Crippen LogP contribution in [0, 0.1) is 0 Å². The summed E-state index contributed by atoms with van der Waals surface area (Å²) in [5.74, 6) is 0.629. The summed E-state index contributed by atoms with van der Waals surface area (Å²) in [6.07, 6.45) is 1.65. The van der Waals surface area contributed by atoms with Gasteiger partial charge < -0.3 is 24.8 Å². The van der Waals surface area contributed by atoms with E-state index in [2.05, 4.69) is 4.98 Å². The van der Waals surface area contributed by atoms with Crippen molar-refractivity contribution < 1.29 is 19.0 Å². The molecule has 1 atom stereocenters. The second-order valence-electron chi connectivity index (χ2n) is 9.72. The van der Waals surface area contributed by atoms with E-state index in [0.717, 1.165) is 27.8 Å². The third kappa shape index (κ3) is 8.01. The Bertz CT molecular complexity index is 1100. The van der Waals surface area contributed by atoms with Crippen LogP contribution in [0.1, 0.15) is 45.7 Å². The molecule has 0 unspecified atom stereocenters. The van der Waals surface area contributed by atoms with Gasteiger partial charge in [0.2, 0.25) is 5.91 Å². The Morgan fingerprint density at radius 2 is 1.67 bits per heavy atom. The van der Waals surface area contributed by atoms with Gasteiger partial charge in [-0.1, -0.05) is 30.3 Å². The van der Waals surface area contributed by atoms with Crippen molar-refractivity contribution in [2.45, 2.75) is 65.5 Å². The highest BCUT2D eigenvalue weighted by Crippen LogP contribution is 2.21. The van der Waals surface area contributed by atoms with Crippen molar-refractivity contribution in [3.63, 3.8) is 0 Å². The average molecular weight is 494 g/mol. The number of pyridine rings is 1. The summed E-state index contributed by atoms with van der Waals surface area (Å²) in [6.45, 7) is 11.5. The van der Waals surface area contributed by atoms with Gasteiger partial charge in [-0.25, -0.2) is 0 Å². The molecule has 3 aromatic rings. The zero-order valence-electron chi connectivity index (χ0n) is 22.1. The van der Waals surface area contributed by atoms with E-state index in [-0.39, 0.29) is 18.1 Å². The second kappa shape index (κ2) is 12.8. The summed E-state index contributed by atoms with van der Waals surface area (Å²) in [5, 5.41) is 1.00. The topological polar surface area (TPSA) is 86.9 Å². The smallest absolute Gasteiger partial charge is 0.240 e. The molecule has 0 aliphatic rings. The third-order valence-electron chi connectivity index (χ3n) is 5.61. The first kappa shape index (κ1) is 27.6. The van der Waals surface area contributed by atoms with Gasteiger partial charge in [-0.3, -0.25) is 9.78 Å². The van der Waals surface area contributed by atoms with Gasteiger partial charge in [-0.05, 0) is 76.4 Å². The van der Waals surface area contributed by atoms with Crippen LogP contribution in [0.15, 0.2) is 60.8 Å². The standard InChI is InChI=1S/C29H39N3O4/c1-6-34-27(35-7-2)20-32(19-22-16-17-31-26-11-9-8-10-24(22)26)28(33)25(30)18-21-12-14-23(15-13-21)36-29(3,4)5/h8-17,25,27H,6-7,18-20,30H2,1-5H3/t25-/m0/s1. The number of nitrogens with zero attached hydrogens (tertiary/aromatic N) is 2. The van der Waals surface area contributed by atoms with Gasteiger partial charge in [-0.15, -0.1) is 0 Å². The van der Waals surface area contributed by atoms with E-state index in [1.165, 1.54) is 0 Å². The lowest BCUT2D eigenvalue weighted by Gasteiger charge is -2.30. The van der Waals surface area contributed by atoms with Crippen LogP contribution < -0.4 is 10.5 Å². The fraction of sp³-hybridized carbons (Fsp3) is 0.448. The lowest BCUT2D eigenvalue weighted by atomic mass is 10.0. The van der Waals surface area contributed by atoms with E-state index >= 15 is 0 Å². The van der Waals surface area contributed by atoms with Crippen LogP contribution in [0.2, 0.25) is 0 Å². The molecule has 0 saturated carbocycles. The quantitative estimate of drug-likeness (QED) is 0.368. The Hall–Kier alpha value is -3.00. The fourth-order valence-electron chi connectivity index (χ4n) is 4.06. The number of aromatic nitrogens is 1. The number of hydrogen-bond donors (Lipinski definition) is 1. The summed E-state index contributed by atoms with van der Waals surface area (Å²) in [7, 11) is 0. The second-order valence-corrected chi connectivity index (χ2v) is 9.72. The first-order chi connectivity index (χ1) is 17.2. The minimum absolute atomic E-state index is 0.157. The summed E-state index contributed by atoms with van der Waals surface area (Å²) in [5.41, 5.74) is 9.04. The van der Waals surface area contributed by atoms with Gasteiger partial charge in [0.25, 0.3) is 0 Å². The van der Waals surface area contributed by atoms with Crippen molar-refractivity contribution >= 4 is 16.8 Å². The first-order valence-electron chi connectivity index (χ1n) is 12.6. The molecule has 0 aliphatic carbocycles. The van der Waals surface area contributed by atoms with Crippen LogP contribution in [-0.4, -0.2) is 53.5 Å². The summed E-state index contributed by atoms with van der Waals surface area (Å²) in [4.78, 5) is 19.8. The molecule has 7 nitrogen and oxygen atoms in total. The van der Waals surface area contributed by atoms with E-state index in [1.54, 1.807) is 11.1 Å². The molecule has 194 valence electrons. The van der Waals surface area contributed by atoms with Gasteiger partial charge in [0, 0.05) is 31.3 Å². The average Bonchev–Trinajstić information content (AvgIpc) is 2.84. The van der Waals surface area contributed by atoms with Crippen LogP contribution >= 0.6 is 0 Å². The first-order valence-corrected chi connectivity index (χ1v) is 12.6. The molecule has 0 spiro atoms. The van der Waals surface area contributed by atoms with Crippen molar-refractivity contribution in [3.8, 4) is 5.75 Å². The summed E-state index contributed by atoms with van der Waals surface area (Å²) >= 11 is 0. The molecule has 1 aromatic heterocycles. The van der Waals surface area contributed by atoms with Gasteiger partial charge >= 0.3 is 0 Å². The number of fused-ring (bicyclic) bond motifs is 1. The minimum atomic E-state index is -0.712. The van der Waals surface area contributed by atoms with Gasteiger partial charge in [0.15, 0.2) is 6.29 Å². The predicted molar refractivity (Wildman–Crippen MR) is 143 cm³/mol. The Morgan fingerprint density at radius 3 is 2.31 bits per heavy atom. The van der Waals surface area contributed by atoms with Gasteiger partial charge in [0.1, 0.15) is 11.4 Å². The monoisotopic (exact) mass is 493 g/mol. The molecule has 0 radical (unpaired) electrons. The highest BCUT2D eigenvalue weighted by atomic mass is 16.7. The highest BCUT2D eigenvalue weighted by Gasteiger charge is 2.26. The fourth-order valence-corrected chi connectivity index (χ4v) is 4.06. The Balaban J connectivity index is 1.80. The lowest BCUT2D eigenvalue weighted by molar-refractivity contribution is -0.160. The molecule has 7 heteroatoms. The van der Waals surface area contributed by atoms with Crippen molar-refractivity contribution in [1.29, 1.82) is 0 Å². The Kier molecular flexibility index (Phi) is 9.81. The van der Waals surface area contributed by atoms with E-state index in [0.29, 0.717) is 26.2 Å². The van der Waals surface area contributed by atoms with Crippen molar-refractivity contribution in [1.82, 2.24) is 9.88 Å². The van der Waals surface area contributed by atoms with Crippen LogP contribution in [0.5, 0.6) is 5.75 Å². The molecule has 2 N–H and O–H groups in total. The largest absolute Gasteiger partial charge is 0.488 e. The maximum absolute atomic E-state index is 13.6. The number of carbonyl (C=O) groups is 1. The van der Waals surface area contributed by atoms with Crippen molar-refractivity contribution in [2.24, 2.45) is 5.73 Å². The number of para-hydroxylation sites is 1. The molecule has 36 heavy (non-hydrogen) atoms. The maximum Gasteiger partial charge on any atom is 0.240 e. The molecule has 2 aromatic carbocycles. The number of amides is 1. The van der Waals surface area contributed by atoms with E-state index in [4.69, 9.17) is 19.9 Å². The number of nitrogens with two attached hydrogens (primary N) is 1. The van der Waals surface area contributed by atoms with Gasteiger partial charge in [0.05, 0.1) is 18.1 Å². The summed E-state index contributed by atoms with van der Waals surface area (Å²) in [6, 6.07) is 16.9. The van der Waals surface area contributed by atoms with Crippen LogP contribution in [-0.2, 0) is 27.2 Å². The van der Waals surface area contributed by atoms with Crippen LogP contribution in [0.4, 0.5) is 0 Å². The Labute approximate surface area is 214 Å². The molecule has 0 saturated heterocycles. The molecule has 3 rings (SSSR count). The highest BCUT2D eigenvalue weighted by molar-refractivity contribution is 5.84. The molecule has 0 fully saturated rings. The van der Waals surface area contributed by atoms with E-state index in [9.17, 15) is 4.79 Å². The van der Waals surface area contributed by atoms with Gasteiger partial charge in [-0.2, -0.15) is 0 Å². The minimum Gasteiger partial charge on any atom is -0.488 e. The Morgan fingerprint density at radius 1 is 1.00 bits per heavy atom. The molecular formula is C29H39N3O4. The number of carbonyl (C=O) groups excluding carboxylic acids is 1. The number of benzene rings is 2. The maximum atomic E-state index is 13.6. The number of hydrogen-bond acceptors (Lipinski definition) is 6. The molecule has 0 bridgehead atoms. The summed E-state index contributed by atoms with van der Waals surface area (Å²) < 4.78 is 17.4. The number of rotatable bonds is 12. The van der Waals surface area contributed by atoms with Crippen molar-refractivity contribution in [2.75, 3.05) is 19.8 Å². The van der Waals surface area contributed by atoms with Crippen LogP contribution in [0.25, 0.3) is 10.9 Å². The molecular weight excluding hydrogens is 454 g/mol. The molecule has 0 aliphatic heterocycles. The third-order valence-corrected chi connectivity index (χ3v) is 5.61. The van der Waals surface area contributed by atoms with E-state index in [1.807, 2.05) is 89.2 Å². The normalized spacial score (nSPS) is 12.6. The van der Waals surface area contributed by atoms with Crippen molar-refractivity contribution in [3.05, 3.63) is 71.9 Å². The lowest BCUT2D eigenvalue weighted by Crippen LogP contribution is -2.48. The van der Waals surface area contributed by atoms with Crippen LogP contribution in [0.3, 0.4) is 0 Å². The molecule has 1 heterocycles. The molecule has 1 amide bonds. The SMILES string of the molecule is CCOC(CN(Cc1ccnc2ccccc12)C(=O)[C@@H](N)Cc1ccc(OC(C)(C)C)cc1)OCC. The zero-order valence-corrected chi connectivity index (χ0v) is 22.1.